The van der Waals surface area contributed by atoms with Crippen molar-refractivity contribution in [1.82, 2.24) is 15.0 Å². The summed E-state index contributed by atoms with van der Waals surface area (Å²) in [7, 11) is 1.60. The summed E-state index contributed by atoms with van der Waals surface area (Å²) in [6.45, 7) is 1.82. The molecule has 0 aliphatic carbocycles. The number of nitrogens with one attached hydrogen (secondary N) is 1. The molecule has 1 amide bonds. The smallest absolute Gasteiger partial charge is 0.258 e. The first-order chi connectivity index (χ1) is 14.5. The Bertz CT molecular complexity index is 1310. The lowest BCUT2D eigenvalue weighted by molar-refractivity contribution is 0.102. The Morgan fingerprint density at radius 2 is 1.80 bits per heavy atom. The summed E-state index contributed by atoms with van der Waals surface area (Å²) in [6.07, 6.45) is 0. The van der Waals surface area contributed by atoms with Gasteiger partial charge in [0.1, 0.15) is 22.6 Å². The third-order valence-corrected chi connectivity index (χ3v) is 4.62. The second-order valence-corrected chi connectivity index (χ2v) is 6.60. The molecule has 0 aliphatic rings. The highest BCUT2D eigenvalue weighted by Crippen LogP contribution is 2.24. The van der Waals surface area contributed by atoms with Gasteiger partial charge in [0.25, 0.3) is 5.91 Å². The number of nitriles is 1. The first kappa shape index (κ1) is 19.1. The Labute approximate surface area is 171 Å². The van der Waals surface area contributed by atoms with Crippen LogP contribution in [0.1, 0.15) is 21.5 Å². The van der Waals surface area contributed by atoms with Gasteiger partial charge in [0, 0.05) is 5.69 Å². The number of benzene rings is 3. The molecule has 1 heterocycles. The molecule has 4 aromatic rings. The first-order valence-electron chi connectivity index (χ1n) is 9.01. The van der Waals surface area contributed by atoms with Crippen molar-refractivity contribution in [2.45, 2.75) is 6.92 Å². The number of rotatable bonds is 4. The molecule has 30 heavy (non-hydrogen) atoms. The number of ether oxygens (including phenoxy) is 1. The molecule has 0 fully saturated rings. The number of hydrogen-bond acceptors (Lipinski definition) is 5. The van der Waals surface area contributed by atoms with E-state index in [2.05, 4.69) is 15.5 Å². The van der Waals surface area contributed by atoms with E-state index in [1.807, 2.05) is 37.3 Å². The van der Waals surface area contributed by atoms with Crippen LogP contribution >= 0.6 is 0 Å². The lowest BCUT2D eigenvalue weighted by atomic mass is 10.1. The summed E-state index contributed by atoms with van der Waals surface area (Å²) in [5, 5.41) is 20.5. The maximum Gasteiger partial charge on any atom is 0.258 e. The summed E-state index contributed by atoms with van der Waals surface area (Å²) in [4.78, 5) is 14.0. The lowest BCUT2D eigenvalue weighted by Gasteiger charge is -2.09. The van der Waals surface area contributed by atoms with Crippen molar-refractivity contribution in [1.29, 1.82) is 5.26 Å². The van der Waals surface area contributed by atoms with Gasteiger partial charge in [0.15, 0.2) is 0 Å². The topological polar surface area (TPSA) is 92.8 Å². The number of halogens is 1. The molecule has 0 atom stereocenters. The molecule has 7 nitrogen and oxygen atoms in total. The van der Waals surface area contributed by atoms with Crippen LogP contribution in [0.15, 0.2) is 54.6 Å². The first-order valence-corrected chi connectivity index (χ1v) is 9.01. The van der Waals surface area contributed by atoms with Crippen molar-refractivity contribution in [3.05, 3.63) is 77.1 Å². The van der Waals surface area contributed by atoms with Gasteiger partial charge in [-0.1, -0.05) is 0 Å². The normalized spacial score (nSPS) is 10.6. The zero-order valence-corrected chi connectivity index (χ0v) is 16.2. The maximum atomic E-state index is 14.1. The van der Waals surface area contributed by atoms with E-state index >= 15 is 0 Å². The van der Waals surface area contributed by atoms with Gasteiger partial charge in [-0.25, -0.2) is 4.39 Å². The van der Waals surface area contributed by atoms with E-state index < -0.39 is 11.7 Å². The molecule has 3 aromatic carbocycles. The third kappa shape index (κ3) is 3.56. The fourth-order valence-corrected chi connectivity index (χ4v) is 2.99. The third-order valence-electron chi connectivity index (χ3n) is 4.62. The SMILES string of the molecule is COc1ccc(-n2nc3cc(C)c(NC(=O)c4ccc(C#N)cc4F)cc3n2)cc1. The van der Waals surface area contributed by atoms with Crippen molar-refractivity contribution in [3.8, 4) is 17.5 Å². The highest BCUT2D eigenvalue weighted by atomic mass is 19.1. The molecule has 0 aliphatic heterocycles. The fourth-order valence-electron chi connectivity index (χ4n) is 2.99. The molecule has 0 unspecified atom stereocenters. The quantitative estimate of drug-likeness (QED) is 0.558. The van der Waals surface area contributed by atoms with Crippen molar-refractivity contribution >= 4 is 22.6 Å². The van der Waals surface area contributed by atoms with Crippen LogP contribution in [0, 0.1) is 24.1 Å². The van der Waals surface area contributed by atoms with Crippen LogP contribution in [-0.4, -0.2) is 28.0 Å². The Hall–Kier alpha value is -4.25. The number of anilines is 1. The van der Waals surface area contributed by atoms with Gasteiger partial charge >= 0.3 is 0 Å². The predicted octanol–water partition coefficient (Wildman–Crippen LogP) is 4.00. The molecule has 4 rings (SSSR count). The summed E-state index contributed by atoms with van der Waals surface area (Å²) >= 11 is 0. The second-order valence-electron chi connectivity index (χ2n) is 6.60. The highest BCUT2D eigenvalue weighted by molar-refractivity contribution is 6.05. The van der Waals surface area contributed by atoms with Gasteiger partial charge in [0.05, 0.1) is 30.0 Å². The van der Waals surface area contributed by atoms with Crippen LogP contribution in [0.5, 0.6) is 5.75 Å². The van der Waals surface area contributed by atoms with Gasteiger partial charge in [-0.2, -0.15) is 10.1 Å². The number of methoxy groups -OCH3 is 1. The highest BCUT2D eigenvalue weighted by Gasteiger charge is 2.15. The molecular weight excluding hydrogens is 385 g/mol. The molecule has 0 saturated heterocycles. The molecule has 0 spiro atoms. The van der Waals surface area contributed by atoms with Crippen LogP contribution < -0.4 is 10.1 Å². The van der Waals surface area contributed by atoms with Crippen molar-refractivity contribution in [3.63, 3.8) is 0 Å². The van der Waals surface area contributed by atoms with Crippen LogP contribution in [0.2, 0.25) is 0 Å². The van der Waals surface area contributed by atoms with Crippen LogP contribution in [0.4, 0.5) is 10.1 Å². The minimum atomic E-state index is -0.754. The van der Waals surface area contributed by atoms with Crippen LogP contribution in [-0.2, 0) is 0 Å². The van der Waals surface area contributed by atoms with Crippen molar-refractivity contribution in [2.75, 3.05) is 12.4 Å². The molecule has 1 aromatic heterocycles. The molecule has 0 radical (unpaired) electrons. The van der Waals surface area contributed by atoms with Gasteiger partial charge in [-0.3, -0.25) is 4.79 Å². The molecule has 0 saturated carbocycles. The van der Waals surface area contributed by atoms with E-state index in [0.717, 1.165) is 23.1 Å². The molecule has 0 bridgehead atoms. The van der Waals surface area contributed by atoms with E-state index in [9.17, 15) is 9.18 Å². The van der Waals surface area contributed by atoms with E-state index in [1.54, 1.807) is 19.2 Å². The average Bonchev–Trinajstić information content (AvgIpc) is 3.16. The molecule has 1 N–H and O–H groups in total. The van der Waals surface area contributed by atoms with Gasteiger partial charge in [-0.05, 0) is 67.1 Å². The van der Waals surface area contributed by atoms with E-state index in [-0.39, 0.29) is 11.1 Å². The zero-order valence-electron chi connectivity index (χ0n) is 16.2. The van der Waals surface area contributed by atoms with Gasteiger partial charge in [0.2, 0.25) is 0 Å². The monoisotopic (exact) mass is 401 g/mol. The minimum Gasteiger partial charge on any atom is -0.497 e. The Kier molecular flexibility index (Phi) is 4.86. The number of carbonyl (C=O) groups excluding carboxylic acids is 1. The van der Waals surface area contributed by atoms with Crippen molar-refractivity contribution in [2.24, 2.45) is 0 Å². The standard InChI is InChI=1S/C22H16FN5O2/c1-13-9-20-21(27-28(26-20)15-4-6-16(30-2)7-5-15)11-19(13)25-22(29)17-8-3-14(12-24)10-18(17)23/h3-11H,1-2H3,(H,25,29). The molecule has 8 heteroatoms. The largest absolute Gasteiger partial charge is 0.497 e. The predicted molar refractivity (Wildman–Crippen MR) is 109 cm³/mol. The maximum absolute atomic E-state index is 14.1. The number of carbonyl (C=O) groups is 1. The number of nitrogens with zero attached hydrogens (tertiary/aromatic N) is 4. The van der Waals surface area contributed by atoms with E-state index in [0.29, 0.717) is 16.7 Å². The second kappa shape index (κ2) is 7.64. The van der Waals surface area contributed by atoms with Gasteiger partial charge < -0.3 is 10.1 Å². The molecule has 148 valence electrons. The van der Waals surface area contributed by atoms with Crippen LogP contribution in [0.25, 0.3) is 16.7 Å². The van der Waals surface area contributed by atoms with E-state index in [4.69, 9.17) is 10.00 Å². The lowest BCUT2D eigenvalue weighted by Crippen LogP contribution is -2.14. The summed E-state index contributed by atoms with van der Waals surface area (Å²) in [6, 6.07) is 16.3. The Morgan fingerprint density at radius 1 is 1.10 bits per heavy atom. The minimum absolute atomic E-state index is 0.143. The fraction of sp³-hybridized carbons (Fsp3) is 0.0909. The molecular formula is C22H16FN5O2. The number of amides is 1. The summed E-state index contributed by atoms with van der Waals surface area (Å²) in [5.74, 6) is -0.635. The van der Waals surface area contributed by atoms with Crippen LogP contribution in [0.3, 0.4) is 0 Å². The van der Waals surface area contributed by atoms with E-state index in [1.165, 1.54) is 16.9 Å². The number of fused-ring (bicyclic) bond motifs is 1. The van der Waals surface area contributed by atoms with Crippen molar-refractivity contribution < 1.29 is 13.9 Å². The Balaban J connectivity index is 1.64. The number of aryl methyl sites for hydroxylation is 1. The Morgan fingerprint density at radius 3 is 2.43 bits per heavy atom. The number of aromatic nitrogens is 3. The zero-order chi connectivity index (χ0) is 21.3. The van der Waals surface area contributed by atoms with Gasteiger partial charge in [-0.15, -0.1) is 10.2 Å². The number of hydrogen-bond donors (Lipinski definition) is 1. The summed E-state index contributed by atoms with van der Waals surface area (Å²) in [5.41, 5.74) is 3.25. The average molecular weight is 401 g/mol. The summed E-state index contributed by atoms with van der Waals surface area (Å²) < 4.78 is 19.3.